The molecule has 2 rings (SSSR count). The Morgan fingerprint density at radius 1 is 1.26 bits per heavy atom. The predicted octanol–water partition coefficient (Wildman–Crippen LogP) is 2.00. The van der Waals surface area contributed by atoms with Crippen molar-refractivity contribution in [1.82, 2.24) is 5.32 Å². The molecule has 2 aliphatic heterocycles. The van der Waals surface area contributed by atoms with Crippen LogP contribution in [0.15, 0.2) is 0 Å². The van der Waals surface area contributed by atoms with Gasteiger partial charge in [-0.05, 0) is 25.7 Å². The van der Waals surface area contributed by atoms with Crippen molar-refractivity contribution in [3.05, 3.63) is 0 Å². The van der Waals surface area contributed by atoms with E-state index in [0.29, 0.717) is 12.8 Å². The molecule has 2 saturated heterocycles. The summed E-state index contributed by atoms with van der Waals surface area (Å²) in [5, 5.41) is 3.61. The first-order valence-electron chi connectivity index (χ1n) is 6.83. The molecule has 2 aliphatic rings. The second-order valence-electron chi connectivity index (χ2n) is 5.24. The number of amides is 1. The van der Waals surface area contributed by atoms with E-state index in [4.69, 9.17) is 0 Å². The van der Waals surface area contributed by atoms with Crippen LogP contribution in [0.25, 0.3) is 0 Å². The zero-order chi connectivity index (χ0) is 13.7. The molecule has 2 atom stereocenters. The fourth-order valence-corrected chi connectivity index (χ4v) is 7.13. The van der Waals surface area contributed by atoms with Crippen LogP contribution >= 0.6 is 21.6 Å². The van der Waals surface area contributed by atoms with Crippen molar-refractivity contribution < 1.29 is 13.2 Å². The summed E-state index contributed by atoms with van der Waals surface area (Å²) in [5.74, 6) is 1.60. The number of sulfone groups is 1. The van der Waals surface area contributed by atoms with Crippen molar-refractivity contribution in [2.75, 3.05) is 17.3 Å². The first-order chi connectivity index (χ1) is 9.05. The Morgan fingerprint density at radius 2 is 2.11 bits per heavy atom. The maximum atomic E-state index is 11.7. The number of nitrogens with one attached hydrogen (secondary N) is 1. The Balaban J connectivity index is 1.55. The Hall–Kier alpha value is 0.120. The summed E-state index contributed by atoms with van der Waals surface area (Å²) in [6.45, 7) is 0. The topological polar surface area (TPSA) is 63.2 Å². The van der Waals surface area contributed by atoms with Crippen LogP contribution in [0.1, 0.15) is 38.5 Å². The van der Waals surface area contributed by atoms with E-state index in [1.54, 1.807) is 0 Å². The highest BCUT2D eigenvalue weighted by atomic mass is 33.1. The summed E-state index contributed by atoms with van der Waals surface area (Å²) in [5.41, 5.74) is 0. The van der Waals surface area contributed by atoms with Gasteiger partial charge in [0.25, 0.3) is 0 Å². The molecule has 1 amide bonds. The molecule has 0 aromatic rings. The van der Waals surface area contributed by atoms with Gasteiger partial charge in [0, 0.05) is 23.5 Å². The van der Waals surface area contributed by atoms with Crippen molar-refractivity contribution in [2.24, 2.45) is 0 Å². The molecule has 110 valence electrons. The third-order valence-corrected chi connectivity index (χ3v) is 8.28. The van der Waals surface area contributed by atoms with E-state index < -0.39 is 9.84 Å². The van der Waals surface area contributed by atoms with Gasteiger partial charge in [-0.25, -0.2) is 8.42 Å². The Labute approximate surface area is 123 Å². The van der Waals surface area contributed by atoms with E-state index in [-0.39, 0.29) is 23.5 Å². The van der Waals surface area contributed by atoms with Crippen molar-refractivity contribution in [2.45, 2.75) is 49.8 Å². The van der Waals surface area contributed by atoms with Gasteiger partial charge in [-0.3, -0.25) is 4.79 Å². The third-order valence-electron chi connectivity index (χ3n) is 3.50. The number of unbranched alkanes of at least 4 members (excludes halogenated alkanes) is 1. The van der Waals surface area contributed by atoms with Crippen LogP contribution in [0.5, 0.6) is 0 Å². The van der Waals surface area contributed by atoms with Crippen molar-refractivity contribution in [1.29, 1.82) is 0 Å². The molecule has 0 saturated carbocycles. The Morgan fingerprint density at radius 3 is 2.74 bits per heavy atom. The molecule has 2 heterocycles. The van der Waals surface area contributed by atoms with Gasteiger partial charge in [0.15, 0.2) is 9.84 Å². The number of hydrogen-bond acceptors (Lipinski definition) is 5. The van der Waals surface area contributed by atoms with Crippen LogP contribution in [0.2, 0.25) is 0 Å². The molecule has 0 radical (unpaired) electrons. The lowest BCUT2D eigenvalue weighted by Gasteiger charge is -2.11. The molecular formula is C12H21NO3S3. The van der Waals surface area contributed by atoms with Gasteiger partial charge in [-0.15, -0.1) is 0 Å². The summed E-state index contributed by atoms with van der Waals surface area (Å²) in [7, 11) is 1.03. The fraction of sp³-hybridized carbons (Fsp3) is 0.917. The molecule has 0 unspecified atom stereocenters. The highest BCUT2D eigenvalue weighted by molar-refractivity contribution is 8.77. The molecule has 0 spiro atoms. The normalized spacial score (nSPS) is 29.5. The highest BCUT2D eigenvalue weighted by Gasteiger charge is 2.28. The molecule has 19 heavy (non-hydrogen) atoms. The lowest BCUT2D eigenvalue weighted by atomic mass is 10.1. The molecule has 0 aromatic carbocycles. The van der Waals surface area contributed by atoms with Gasteiger partial charge >= 0.3 is 0 Å². The van der Waals surface area contributed by atoms with E-state index in [2.05, 4.69) is 5.32 Å². The van der Waals surface area contributed by atoms with E-state index in [1.165, 1.54) is 18.6 Å². The lowest BCUT2D eigenvalue weighted by Crippen LogP contribution is -2.35. The van der Waals surface area contributed by atoms with Gasteiger partial charge in [0.1, 0.15) is 0 Å². The van der Waals surface area contributed by atoms with Crippen LogP contribution in [-0.4, -0.2) is 42.9 Å². The Kier molecular flexibility index (Phi) is 5.89. The second-order valence-corrected chi connectivity index (χ2v) is 10.3. The predicted molar refractivity (Wildman–Crippen MR) is 82.1 cm³/mol. The van der Waals surface area contributed by atoms with Crippen LogP contribution in [0.3, 0.4) is 0 Å². The maximum Gasteiger partial charge on any atom is 0.220 e. The summed E-state index contributed by atoms with van der Waals surface area (Å²) >= 11 is 0. The molecular weight excluding hydrogens is 302 g/mol. The first-order valence-corrected chi connectivity index (χ1v) is 11.0. The Bertz CT molecular complexity index is 404. The monoisotopic (exact) mass is 323 g/mol. The van der Waals surface area contributed by atoms with Gasteiger partial charge in [0.05, 0.1) is 11.5 Å². The highest BCUT2D eigenvalue weighted by Crippen LogP contribution is 2.39. The SMILES string of the molecule is O=C(CCCC[C@@H]1CCSS1)N[C@H]1CCS(=O)(=O)C1. The quantitative estimate of drug-likeness (QED) is 0.598. The maximum absolute atomic E-state index is 11.7. The molecule has 2 fully saturated rings. The average Bonchev–Trinajstić information content (AvgIpc) is 2.94. The largest absolute Gasteiger partial charge is 0.352 e. The number of hydrogen-bond donors (Lipinski definition) is 1. The zero-order valence-electron chi connectivity index (χ0n) is 11.0. The molecule has 4 nitrogen and oxygen atoms in total. The van der Waals surface area contributed by atoms with Crippen molar-refractivity contribution >= 4 is 37.3 Å². The minimum Gasteiger partial charge on any atom is -0.352 e. The number of carbonyl (C=O) groups is 1. The number of carbonyl (C=O) groups excluding carboxylic acids is 1. The van der Waals surface area contributed by atoms with Crippen LogP contribution in [-0.2, 0) is 14.6 Å². The number of rotatable bonds is 6. The van der Waals surface area contributed by atoms with E-state index >= 15 is 0 Å². The van der Waals surface area contributed by atoms with Gasteiger partial charge in [0.2, 0.25) is 5.91 Å². The average molecular weight is 324 g/mol. The first kappa shape index (κ1) is 15.5. The molecule has 0 aliphatic carbocycles. The summed E-state index contributed by atoms with van der Waals surface area (Å²) in [6.07, 6.45) is 5.59. The second kappa shape index (κ2) is 7.22. The van der Waals surface area contributed by atoms with Gasteiger partial charge in [-0.2, -0.15) is 0 Å². The zero-order valence-corrected chi connectivity index (χ0v) is 13.4. The van der Waals surface area contributed by atoms with E-state index in [1.807, 2.05) is 21.6 Å². The van der Waals surface area contributed by atoms with Crippen molar-refractivity contribution in [3.8, 4) is 0 Å². The third kappa shape index (κ3) is 5.55. The minimum absolute atomic E-state index is 0.00977. The summed E-state index contributed by atoms with van der Waals surface area (Å²) in [6, 6.07) is -0.153. The summed E-state index contributed by atoms with van der Waals surface area (Å²) < 4.78 is 22.5. The van der Waals surface area contributed by atoms with Crippen LogP contribution < -0.4 is 5.32 Å². The van der Waals surface area contributed by atoms with Crippen LogP contribution in [0.4, 0.5) is 0 Å². The molecule has 1 N–H and O–H groups in total. The van der Waals surface area contributed by atoms with E-state index in [0.717, 1.165) is 18.1 Å². The molecule has 0 bridgehead atoms. The van der Waals surface area contributed by atoms with E-state index in [9.17, 15) is 13.2 Å². The lowest BCUT2D eigenvalue weighted by molar-refractivity contribution is -0.121. The standard InChI is InChI=1S/C12H21NO3S3/c14-12(13-10-6-8-19(15,16)9-10)4-2-1-3-11-5-7-17-18-11/h10-11H,1-9H2,(H,13,14)/t10-,11+/m0/s1. The van der Waals surface area contributed by atoms with Gasteiger partial charge in [-0.1, -0.05) is 28.0 Å². The summed E-state index contributed by atoms with van der Waals surface area (Å²) in [4.78, 5) is 11.7. The molecule has 0 aromatic heterocycles. The smallest absolute Gasteiger partial charge is 0.220 e. The van der Waals surface area contributed by atoms with Crippen LogP contribution in [0, 0.1) is 0 Å². The minimum atomic E-state index is -2.90. The van der Waals surface area contributed by atoms with Crippen molar-refractivity contribution in [3.63, 3.8) is 0 Å². The van der Waals surface area contributed by atoms with Gasteiger partial charge < -0.3 is 5.32 Å². The molecule has 7 heteroatoms. The fourth-order valence-electron chi connectivity index (χ4n) is 2.43.